The van der Waals surface area contributed by atoms with E-state index in [1.54, 1.807) is 16.8 Å². The first-order valence-corrected chi connectivity index (χ1v) is 7.12. The predicted octanol–water partition coefficient (Wildman–Crippen LogP) is 0.635. The van der Waals surface area contributed by atoms with E-state index in [-0.39, 0.29) is 11.8 Å². The summed E-state index contributed by atoms with van der Waals surface area (Å²) >= 11 is 0. The van der Waals surface area contributed by atoms with Crippen molar-refractivity contribution in [3.63, 3.8) is 0 Å². The normalized spacial score (nSPS) is 28.2. The summed E-state index contributed by atoms with van der Waals surface area (Å²) in [7, 11) is 0. The van der Waals surface area contributed by atoms with Crippen LogP contribution in [-0.4, -0.2) is 49.7 Å². The maximum atomic E-state index is 11.1. The van der Waals surface area contributed by atoms with Crippen molar-refractivity contribution in [3.8, 4) is 0 Å². The van der Waals surface area contributed by atoms with Crippen molar-refractivity contribution in [1.82, 2.24) is 14.4 Å². The van der Waals surface area contributed by atoms with Crippen LogP contribution in [0.1, 0.15) is 23.3 Å². The number of aliphatic hydroxyl groups is 1. The molecule has 2 fully saturated rings. The second kappa shape index (κ2) is 4.42. The number of hydrogen-bond acceptors (Lipinski definition) is 5. The number of aliphatic hydroxyl groups excluding tert-OH is 1. The van der Waals surface area contributed by atoms with E-state index in [0.717, 1.165) is 31.7 Å². The third-order valence-electron chi connectivity index (χ3n) is 4.60. The van der Waals surface area contributed by atoms with Crippen LogP contribution in [0.15, 0.2) is 18.6 Å². The van der Waals surface area contributed by atoms with Crippen molar-refractivity contribution in [2.24, 2.45) is 11.8 Å². The molecular formula is C14H16N4O3. The molecule has 2 aromatic heterocycles. The third kappa shape index (κ3) is 1.96. The Bertz CT molecular complexity index is 699. The number of nitrogens with zero attached hydrogens (tertiary/aromatic N) is 4. The molecule has 7 heteroatoms. The molecule has 2 aliphatic rings. The highest BCUT2D eigenvalue weighted by Gasteiger charge is 2.41. The first-order valence-electron chi connectivity index (χ1n) is 7.12. The van der Waals surface area contributed by atoms with Gasteiger partial charge in [-0.3, -0.25) is 0 Å². The fraction of sp³-hybridized carbons (Fsp3) is 0.500. The second-order valence-electron chi connectivity index (χ2n) is 5.96. The number of carbonyl (C=O) groups is 1. The molecule has 0 spiro atoms. The summed E-state index contributed by atoms with van der Waals surface area (Å²) < 4.78 is 1.70. The topological polar surface area (TPSA) is 91.0 Å². The van der Waals surface area contributed by atoms with Gasteiger partial charge in [0.05, 0.1) is 6.10 Å². The van der Waals surface area contributed by atoms with Gasteiger partial charge < -0.3 is 19.5 Å². The highest BCUT2D eigenvalue weighted by Crippen LogP contribution is 2.39. The van der Waals surface area contributed by atoms with E-state index in [9.17, 15) is 9.90 Å². The fourth-order valence-corrected chi connectivity index (χ4v) is 3.67. The zero-order valence-electron chi connectivity index (χ0n) is 11.4. The Labute approximate surface area is 120 Å². The molecule has 2 aromatic rings. The average molecular weight is 288 g/mol. The molecule has 4 rings (SSSR count). The van der Waals surface area contributed by atoms with Crippen molar-refractivity contribution in [2.75, 3.05) is 18.0 Å². The quantitative estimate of drug-likeness (QED) is 0.842. The van der Waals surface area contributed by atoms with E-state index < -0.39 is 5.97 Å². The minimum atomic E-state index is -1.04. The van der Waals surface area contributed by atoms with Gasteiger partial charge in [-0.05, 0) is 24.7 Å². The van der Waals surface area contributed by atoms with Crippen LogP contribution in [0.4, 0.5) is 5.82 Å². The van der Waals surface area contributed by atoms with Crippen LogP contribution in [0.5, 0.6) is 0 Å². The minimum absolute atomic E-state index is 0.0269. The Morgan fingerprint density at radius 1 is 1.29 bits per heavy atom. The van der Waals surface area contributed by atoms with Crippen LogP contribution < -0.4 is 4.90 Å². The van der Waals surface area contributed by atoms with Gasteiger partial charge in [0.2, 0.25) is 0 Å². The number of imidazole rings is 1. The Morgan fingerprint density at radius 3 is 2.67 bits per heavy atom. The molecule has 0 radical (unpaired) electrons. The molecule has 1 saturated carbocycles. The SMILES string of the molecule is O=C(O)c1cn2ccnc(N3C[C@H]4CC(O)C[C@H]4C3)c2n1. The van der Waals surface area contributed by atoms with Crippen LogP contribution in [0, 0.1) is 11.8 Å². The van der Waals surface area contributed by atoms with Crippen LogP contribution in [0.2, 0.25) is 0 Å². The van der Waals surface area contributed by atoms with Gasteiger partial charge in [0, 0.05) is 31.7 Å². The van der Waals surface area contributed by atoms with Crippen LogP contribution in [0.25, 0.3) is 5.65 Å². The van der Waals surface area contributed by atoms with Gasteiger partial charge in [-0.2, -0.15) is 0 Å². The number of fused-ring (bicyclic) bond motifs is 2. The maximum Gasteiger partial charge on any atom is 0.356 e. The summed E-state index contributed by atoms with van der Waals surface area (Å²) in [5.41, 5.74) is 0.606. The van der Waals surface area contributed by atoms with E-state index >= 15 is 0 Å². The summed E-state index contributed by atoms with van der Waals surface area (Å²) in [5.74, 6) is 0.687. The Morgan fingerprint density at radius 2 is 2.00 bits per heavy atom. The van der Waals surface area contributed by atoms with E-state index in [2.05, 4.69) is 14.9 Å². The van der Waals surface area contributed by atoms with E-state index in [4.69, 9.17) is 5.11 Å². The molecule has 3 atom stereocenters. The van der Waals surface area contributed by atoms with Crippen molar-refractivity contribution in [3.05, 3.63) is 24.3 Å². The van der Waals surface area contributed by atoms with Gasteiger partial charge in [0.15, 0.2) is 17.2 Å². The number of rotatable bonds is 2. The van der Waals surface area contributed by atoms with Crippen LogP contribution in [0.3, 0.4) is 0 Å². The number of anilines is 1. The molecule has 0 aromatic carbocycles. The van der Waals surface area contributed by atoms with Crippen LogP contribution in [-0.2, 0) is 0 Å². The van der Waals surface area contributed by atoms with Gasteiger partial charge in [-0.15, -0.1) is 0 Å². The molecule has 1 aliphatic heterocycles. The lowest BCUT2D eigenvalue weighted by atomic mass is 10.0. The average Bonchev–Trinajstić information content (AvgIpc) is 3.08. The van der Waals surface area contributed by atoms with Gasteiger partial charge in [0.1, 0.15) is 0 Å². The third-order valence-corrected chi connectivity index (χ3v) is 4.60. The van der Waals surface area contributed by atoms with Gasteiger partial charge in [-0.25, -0.2) is 14.8 Å². The number of hydrogen-bond donors (Lipinski definition) is 2. The Hall–Kier alpha value is -2.15. The van der Waals surface area contributed by atoms with Crippen molar-refractivity contribution < 1.29 is 15.0 Å². The number of carboxylic acid groups (broad SMARTS) is 1. The van der Waals surface area contributed by atoms with Gasteiger partial charge >= 0.3 is 5.97 Å². The molecule has 1 saturated heterocycles. The number of aromatic carboxylic acids is 1. The molecule has 2 N–H and O–H groups in total. The Balaban J connectivity index is 1.69. The van der Waals surface area contributed by atoms with E-state index in [1.165, 1.54) is 6.20 Å². The standard InChI is InChI=1S/C14H16N4O3/c19-10-3-8-5-18(6-9(8)4-10)12-13-16-11(14(20)21)7-17(13)2-1-15-12/h1-2,7-10,19H,3-6H2,(H,20,21)/t8-,9+,10?. The molecule has 1 unspecified atom stereocenters. The second-order valence-corrected chi connectivity index (χ2v) is 5.96. The first-order chi connectivity index (χ1) is 10.1. The molecule has 3 heterocycles. The summed E-state index contributed by atoms with van der Waals surface area (Å²) in [5, 5.41) is 18.8. The summed E-state index contributed by atoms with van der Waals surface area (Å²) in [6.45, 7) is 1.70. The van der Waals surface area contributed by atoms with E-state index in [1.807, 2.05) is 0 Å². The monoisotopic (exact) mass is 288 g/mol. The smallest absolute Gasteiger partial charge is 0.356 e. The Kier molecular flexibility index (Phi) is 2.65. The summed E-state index contributed by atoms with van der Waals surface area (Å²) in [6.07, 6.45) is 6.40. The lowest BCUT2D eigenvalue weighted by Crippen LogP contribution is -2.24. The van der Waals surface area contributed by atoms with Crippen molar-refractivity contribution in [2.45, 2.75) is 18.9 Å². The van der Waals surface area contributed by atoms with Crippen molar-refractivity contribution >= 4 is 17.4 Å². The zero-order chi connectivity index (χ0) is 14.6. The molecule has 7 nitrogen and oxygen atoms in total. The summed E-state index contributed by atoms with van der Waals surface area (Å²) in [4.78, 5) is 21.8. The number of carboxylic acids is 1. The van der Waals surface area contributed by atoms with Crippen molar-refractivity contribution in [1.29, 1.82) is 0 Å². The highest BCUT2D eigenvalue weighted by atomic mass is 16.4. The largest absolute Gasteiger partial charge is 0.476 e. The van der Waals surface area contributed by atoms with Gasteiger partial charge in [-0.1, -0.05) is 0 Å². The lowest BCUT2D eigenvalue weighted by molar-refractivity contribution is 0.0691. The molecule has 21 heavy (non-hydrogen) atoms. The van der Waals surface area contributed by atoms with Crippen LogP contribution >= 0.6 is 0 Å². The fourth-order valence-electron chi connectivity index (χ4n) is 3.67. The predicted molar refractivity (Wildman–Crippen MR) is 74.4 cm³/mol. The minimum Gasteiger partial charge on any atom is -0.476 e. The van der Waals surface area contributed by atoms with Gasteiger partial charge in [0.25, 0.3) is 0 Å². The molecule has 0 amide bonds. The molecule has 110 valence electrons. The maximum absolute atomic E-state index is 11.1. The van der Waals surface area contributed by atoms with E-state index in [0.29, 0.717) is 17.5 Å². The lowest BCUT2D eigenvalue weighted by Gasteiger charge is -2.19. The summed E-state index contributed by atoms with van der Waals surface area (Å²) in [6, 6.07) is 0. The number of aromatic nitrogens is 3. The molecule has 1 aliphatic carbocycles. The molecule has 0 bridgehead atoms. The first kappa shape index (κ1) is 12.6. The highest BCUT2D eigenvalue weighted by molar-refractivity contribution is 5.87. The zero-order valence-corrected chi connectivity index (χ0v) is 11.4. The molecular weight excluding hydrogens is 272 g/mol.